The van der Waals surface area contributed by atoms with E-state index in [1.165, 1.54) is 0 Å². The number of fused-ring (bicyclic) bond motifs is 1. The van der Waals surface area contributed by atoms with E-state index in [1.807, 2.05) is 63.2 Å². The minimum atomic E-state index is -0.194. The minimum absolute atomic E-state index is 0.164. The Kier molecular flexibility index (Phi) is 5.19. The van der Waals surface area contributed by atoms with Gasteiger partial charge in [-0.1, -0.05) is 24.3 Å². The molecule has 2 heterocycles. The van der Waals surface area contributed by atoms with Gasteiger partial charge in [-0.2, -0.15) is 0 Å². The Balaban J connectivity index is 1.82. The van der Waals surface area contributed by atoms with Crippen molar-refractivity contribution in [1.29, 1.82) is 0 Å². The van der Waals surface area contributed by atoms with E-state index in [9.17, 15) is 9.59 Å². The molecule has 0 fully saturated rings. The van der Waals surface area contributed by atoms with E-state index in [0.29, 0.717) is 11.1 Å². The number of pyridine rings is 2. The number of aryl methyl sites for hydroxylation is 2. The molecule has 0 unspecified atom stereocenters. The molecule has 0 spiro atoms. The second-order valence-electron chi connectivity index (χ2n) is 7.57. The lowest BCUT2D eigenvalue weighted by Crippen LogP contribution is -2.33. The molecule has 30 heavy (non-hydrogen) atoms. The first-order valence-corrected chi connectivity index (χ1v) is 9.85. The summed E-state index contributed by atoms with van der Waals surface area (Å²) in [5, 5.41) is 0.935. The molecule has 0 aliphatic rings. The molecular formula is C25H23N3O2. The van der Waals surface area contributed by atoms with E-state index in [2.05, 4.69) is 9.97 Å². The number of nitrogens with zero attached hydrogens (tertiary/aromatic N) is 2. The molecule has 0 bridgehead atoms. The van der Waals surface area contributed by atoms with E-state index < -0.39 is 0 Å². The summed E-state index contributed by atoms with van der Waals surface area (Å²) in [6.45, 7) is 6.15. The highest BCUT2D eigenvalue weighted by atomic mass is 16.2. The van der Waals surface area contributed by atoms with Gasteiger partial charge in [0.05, 0.1) is 12.1 Å². The average molecular weight is 397 g/mol. The van der Waals surface area contributed by atoms with Crippen LogP contribution in [-0.4, -0.2) is 15.9 Å². The number of hydrogen-bond acceptors (Lipinski definition) is 3. The van der Waals surface area contributed by atoms with Crippen molar-refractivity contribution in [3.8, 4) is 0 Å². The molecular weight excluding hydrogens is 374 g/mol. The summed E-state index contributed by atoms with van der Waals surface area (Å²) in [7, 11) is 0. The van der Waals surface area contributed by atoms with Gasteiger partial charge in [-0.05, 0) is 73.2 Å². The van der Waals surface area contributed by atoms with Crippen LogP contribution in [0.25, 0.3) is 10.9 Å². The quantitative estimate of drug-likeness (QED) is 0.543. The van der Waals surface area contributed by atoms with Gasteiger partial charge in [-0.3, -0.25) is 14.6 Å². The third kappa shape index (κ3) is 3.74. The zero-order valence-corrected chi connectivity index (χ0v) is 17.3. The maximum absolute atomic E-state index is 13.4. The van der Waals surface area contributed by atoms with E-state index in [4.69, 9.17) is 0 Å². The van der Waals surface area contributed by atoms with Gasteiger partial charge >= 0.3 is 0 Å². The van der Waals surface area contributed by atoms with Gasteiger partial charge in [0.2, 0.25) is 0 Å². The van der Waals surface area contributed by atoms with Crippen LogP contribution in [0.5, 0.6) is 0 Å². The highest BCUT2D eigenvalue weighted by Gasteiger charge is 2.22. The number of aromatic nitrogens is 2. The number of carbonyl (C=O) groups is 1. The van der Waals surface area contributed by atoms with E-state index >= 15 is 0 Å². The summed E-state index contributed by atoms with van der Waals surface area (Å²) in [6, 6.07) is 17.1. The number of hydrogen-bond donors (Lipinski definition) is 1. The number of benzene rings is 2. The van der Waals surface area contributed by atoms with Crippen molar-refractivity contribution in [3.05, 3.63) is 105 Å². The van der Waals surface area contributed by atoms with Crippen molar-refractivity contribution >= 4 is 22.5 Å². The van der Waals surface area contributed by atoms with Crippen LogP contribution in [0.4, 0.5) is 5.69 Å². The molecule has 0 atom stereocenters. The SMILES string of the molecule is Cc1ccc2cc(CN(C(=O)c3cccnc3)c3cccc(C)c3C)c(=O)[nH]c2c1. The van der Waals surface area contributed by atoms with Crippen LogP contribution in [0, 0.1) is 20.8 Å². The van der Waals surface area contributed by atoms with Crippen LogP contribution in [0.15, 0.2) is 71.8 Å². The second-order valence-corrected chi connectivity index (χ2v) is 7.57. The normalized spacial score (nSPS) is 10.9. The Morgan fingerprint density at radius 1 is 1.03 bits per heavy atom. The maximum Gasteiger partial charge on any atom is 0.260 e. The minimum Gasteiger partial charge on any atom is -0.322 e. The van der Waals surface area contributed by atoms with Crippen LogP contribution in [0.2, 0.25) is 0 Å². The first-order chi connectivity index (χ1) is 14.4. The lowest BCUT2D eigenvalue weighted by molar-refractivity contribution is 0.0984. The van der Waals surface area contributed by atoms with E-state index in [0.717, 1.165) is 33.3 Å². The molecule has 5 nitrogen and oxygen atoms in total. The topological polar surface area (TPSA) is 66.1 Å². The summed E-state index contributed by atoms with van der Waals surface area (Å²) in [5.74, 6) is -0.194. The monoisotopic (exact) mass is 397 g/mol. The molecule has 1 amide bonds. The number of rotatable bonds is 4. The number of carbonyl (C=O) groups excluding carboxylic acids is 1. The third-order valence-electron chi connectivity index (χ3n) is 5.43. The second kappa shape index (κ2) is 7.95. The molecule has 0 aliphatic carbocycles. The summed E-state index contributed by atoms with van der Waals surface area (Å²) < 4.78 is 0. The molecule has 2 aromatic heterocycles. The lowest BCUT2D eigenvalue weighted by Gasteiger charge is -2.25. The number of aromatic amines is 1. The van der Waals surface area contributed by atoms with Gasteiger partial charge in [-0.15, -0.1) is 0 Å². The van der Waals surface area contributed by atoms with Gasteiger partial charge in [0.15, 0.2) is 0 Å². The fraction of sp³-hybridized carbons (Fsp3) is 0.160. The summed E-state index contributed by atoms with van der Waals surface area (Å²) in [5.41, 5.74) is 5.56. The van der Waals surface area contributed by atoms with Crippen molar-refractivity contribution in [2.24, 2.45) is 0 Å². The molecule has 0 aliphatic heterocycles. The standard InChI is InChI=1S/C25H23N3O2/c1-16-9-10-19-13-21(24(29)27-22(19)12-16)15-28(23-8-4-6-17(2)18(23)3)25(30)20-7-5-11-26-14-20/h4-14H,15H2,1-3H3,(H,27,29). The number of amides is 1. The number of nitrogens with one attached hydrogen (secondary N) is 1. The molecule has 0 saturated carbocycles. The van der Waals surface area contributed by atoms with Crippen LogP contribution < -0.4 is 10.5 Å². The summed E-state index contributed by atoms with van der Waals surface area (Å²) in [6.07, 6.45) is 3.18. The predicted molar refractivity (Wildman–Crippen MR) is 120 cm³/mol. The molecule has 2 aromatic carbocycles. The zero-order valence-electron chi connectivity index (χ0n) is 17.3. The van der Waals surface area contributed by atoms with Crippen LogP contribution in [-0.2, 0) is 6.54 Å². The van der Waals surface area contributed by atoms with E-state index in [-0.39, 0.29) is 18.0 Å². The Morgan fingerprint density at radius 3 is 2.63 bits per heavy atom. The fourth-order valence-corrected chi connectivity index (χ4v) is 3.59. The smallest absolute Gasteiger partial charge is 0.260 e. The van der Waals surface area contributed by atoms with Gasteiger partial charge in [0.25, 0.3) is 11.5 Å². The Labute approximate surface area is 175 Å². The fourth-order valence-electron chi connectivity index (χ4n) is 3.59. The molecule has 4 rings (SSSR count). The van der Waals surface area contributed by atoms with Crippen molar-refractivity contribution in [2.75, 3.05) is 4.90 Å². The van der Waals surface area contributed by atoms with Crippen molar-refractivity contribution in [2.45, 2.75) is 27.3 Å². The zero-order chi connectivity index (χ0) is 21.3. The first kappa shape index (κ1) is 19.6. The molecule has 5 heteroatoms. The van der Waals surface area contributed by atoms with Crippen molar-refractivity contribution < 1.29 is 4.79 Å². The number of anilines is 1. The van der Waals surface area contributed by atoms with Gasteiger partial charge in [-0.25, -0.2) is 0 Å². The predicted octanol–water partition coefficient (Wildman–Crippen LogP) is 4.70. The molecule has 4 aromatic rings. The van der Waals surface area contributed by atoms with Crippen LogP contribution >= 0.6 is 0 Å². The molecule has 1 N–H and O–H groups in total. The molecule has 150 valence electrons. The van der Waals surface area contributed by atoms with Crippen molar-refractivity contribution in [3.63, 3.8) is 0 Å². The highest BCUT2D eigenvalue weighted by molar-refractivity contribution is 6.06. The molecule has 0 radical (unpaired) electrons. The van der Waals surface area contributed by atoms with Gasteiger partial charge < -0.3 is 9.88 Å². The van der Waals surface area contributed by atoms with Gasteiger partial charge in [0, 0.05) is 29.2 Å². The van der Waals surface area contributed by atoms with Crippen LogP contribution in [0.3, 0.4) is 0 Å². The van der Waals surface area contributed by atoms with Gasteiger partial charge in [0.1, 0.15) is 0 Å². The molecule has 0 saturated heterocycles. The first-order valence-electron chi connectivity index (χ1n) is 9.85. The third-order valence-corrected chi connectivity index (χ3v) is 5.43. The Bertz CT molecular complexity index is 1290. The lowest BCUT2D eigenvalue weighted by atomic mass is 10.0. The Morgan fingerprint density at radius 2 is 1.87 bits per heavy atom. The maximum atomic E-state index is 13.4. The van der Waals surface area contributed by atoms with Crippen molar-refractivity contribution in [1.82, 2.24) is 9.97 Å². The highest BCUT2D eigenvalue weighted by Crippen LogP contribution is 2.26. The summed E-state index contributed by atoms with van der Waals surface area (Å²) in [4.78, 5) is 34.9. The Hall–Kier alpha value is -3.73. The average Bonchev–Trinajstić information content (AvgIpc) is 2.75. The summed E-state index contributed by atoms with van der Waals surface area (Å²) >= 11 is 0. The largest absolute Gasteiger partial charge is 0.322 e. The van der Waals surface area contributed by atoms with Crippen LogP contribution in [0.1, 0.15) is 32.6 Å². The number of H-pyrrole nitrogens is 1. The van der Waals surface area contributed by atoms with E-state index in [1.54, 1.807) is 29.4 Å².